The Kier molecular flexibility index (Phi) is 7.96. The van der Waals surface area contributed by atoms with Gasteiger partial charge in [0.2, 0.25) is 0 Å². The van der Waals surface area contributed by atoms with Crippen LogP contribution in [0.3, 0.4) is 0 Å². The fourth-order valence-corrected chi connectivity index (χ4v) is 3.62. The molecule has 27 heavy (non-hydrogen) atoms. The maximum absolute atomic E-state index is 11.7. The maximum Gasteiger partial charge on any atom is 0.407 e. The van der Waals surface area contributed by atoms with Crippen LogP contribution in [0, 0.1) is 5.92 Å². The molecule has 1 fully saturated rings. The summed E-state index contributed by atoms with van der Waals surface area (Å²) in [6.45, 7) is 6.93. The largest absolute Gasteiger partial charge is 0.444 e. The minimum Gasteiger partial charge on any atom is -0.444 e. The van der Waals surface area contributed by atoms with E-state index in [-0.39, 0.29) is 0 Å². The Labute approximate surface area is 164 Å². The van der Waals surface area contributed by atoms with Crippen molar-refractivity contribution in [2.75, 3.05) is 25.0 Å². The summed E-state index contributed by atoms with van der Waals surface area (Å²) in [5.41, 5.74) is 1.51. The predicted molar refractivity (Wildman–Crippen MR) is 110 cm³/mol. The predicted octanol–water partition coefficient (Wildman–Crippen LogP) is 4.65. The van der Waals surface area contributed by atoms with Crippen LogP contribution in [0.5, 0.6) is 0 Å². The van der Waals surface area contributed by atoms with Crippen molar-refractivity contribution in [3.8, 4) is 0 Å². The van der Waals surface area contributed by atoms with Crippen molar-refractivity contribution in [3.05, 3.63) is 29.8 Å². The average molecular weight is 377 g/mol. The second-order valence-electron chi connectivity index (χ2n) is 8.71. The Morgan fingerprint density at radius 2 is 2.00 bits per heavy atom. The topological polar surface area (TPSA) is 61.8 Å². The third-order valence-corrected chi connectivity index (χ3v) is 5.04. The van der Waals surface area contributed by atoms with Gasteiger partial charge in [0.25, 0.3) is 0 Å². The zero-order chi connectivity index (χ0) is 19.9. The standard InChI is InChI=1S/C22H36N2O3/c1-22(2,3)27-21(26)23-14-13-20(25)18-11-8-12-19(15-18)24(4)16-17-9-6-5-7-10-17/h8,11-12,15,17,20,25H,5-7,9-10,13-14,16H2,1-4H3,(H,23,26). The summed E-state index contributed by atoms with van der Waals surface area (Å²) in [5.74, 6) is 0.773. The summed E-state index contributed by atoms with van der Waals surface area (Å²) in [7, 11) is 2.13. The summed E-state index contributed by atoms with van der Waals surface area (Å²) < 4.78 is 5.21. The summed E-state index contributed by atoms with van der Waals surface area (Å²) in [6, 6.07) is 8.08. The number of aliphatic hydroxyl groups is 1. The maximum atomic E-state index is 11.7. The first-order valence-electron chi connectivity index (χ1n) is 10.2. The molecule has 1 aromatic carbocycles. The molecule has 5 heteroatoms. The third-order valence-electron chi connectivity index (χ3n) is 5.04. The molecule has 1 atom stereocenters. The van der Waals surface area contributed by atoms with Crippen molar-refractivity contribution in [2.45, 2.75) is 71.0 Å². The second kappa shape index (κ2) is 9.98. The molecular weight excluding hydrogens is 340 g/mol. The van der Waals surface area contributed by atoms with Crippen LogP contribution in [0.15, 0.2) is 24.3 Å². The van der Waals surface area contributed by atoms with Gasteiger partial charge in [-0.15, -0.1) is 0 Å². The molecule has 1 aromatic rings. The molecule has 1 aliphatic carbocycles. The highest BCUT2D eigenvalue weighted by Crippen LogP contribution is 2.27. The molecule has 0 radical (unpaired) electrons. The van der Waals surface area contributed by atoms with Crippen molar-refractivity contribution in [1.82, 2.24) is 5.32 Å². The van der Waals surface area contributed by atoms with Crippen LogP contribution in [0.4, 0.5) is 10.5 Å². The number of benzene rings is 1. The molecule has 0 heterocycles. The number of hydrogen-bond donors (Lipinski definition) is 2. The normalized spacial score (nSPS) is 16.6. The summed E-state index contributed by atoms with van der Waals surface area (Å²) in [5, 5.41) is 13.2. The second-order valence-corrected chi connectivity index (χ2v) is 8.71. The van der Waals surface area contributed by atoms with Gasteiger partial charge in [-0.25, -0.2) is 4.79 Å². The first-order chi connectivity index (χ1) is 12.7. The van der Waals surface area contributed by atoms with Crippen molar-refractivity contribution in [1.29, 1.82) is 0 Å². The lowest BCUT2D eigenvalue weighted by atomic mass is 9.89. The molecule has 1 unspecified atom stereocenters. The molecule has 5 nitrogen and oxygen atoms in total. The summed E-state index contributed by atoms with van der Waals surface area (Å²) in [4.78, 5) is 14.0. The zero-order valence-corrected chi connectivity index (χ0v) is 17.3. The fourth-order valence-electron chi connectivity index (χ4n) is 3.62. The van der Waals surface area contributed by atoms with Gasteiger partial charge in [0, 0.05) is 25.8 Å². The Hall–Kier alpha value is -1.75. The highest BCUT2D eigenvalue weighted by Gasteiger charge is 2.18. The molecule has 1 amide bonds. The van der Waals surface area contributed by atoms with Crippen molar-refractivity contribution < 1.29 is 14.6 Å². The molecule has 1 aliphatic rings. The third kappa shape index (κ3) is 7.79. The molecule has 0 saturated heterocycles. The SMILES string of the molecule is CN(CC1CCCCC1)c1cccc(C(O)CCNC(=O)OC(C)(C)C)c1. The lowest BCUT2D eigenvalue weighted by molar-refractivity contribution is 0.0518. The first kappa shape index (κ1) is 21.5. The van der Waals surface area contributed by atoms with Crippen molar-refractivity contribution >= 4 is 11.8 Å². The number of aliphatic hydroxyl groups excluding tert-OH is 1. The molecule has 2 N–H and O–H groups in total. The van der Waals surface area contributed by atoms with Crippen LogP contribution in [0.1, 0.15) is 71.0 Å². The smallest absolute Gasteiger partial charge is 0.407 e. The lowest BCUT2D eigenvalue weighted by Crippen LogP contribution is -2.33. The van der Waals surface area contributed by atoms with E-state index in [0.29, 0.717) is 13.0 Å². The Morgan fingerprint density at radius 1 is 1.30 bits per heavy atom. The van der Waals surface area contributed by atoms with Gasteiger partial charge < -0.3 is 20.1 Å². The van der Waals surface area contributed by atoms with Crippen LogP contribution in [0.2, 0.25) is 0 Å². The monoisotopic (exact) mass is 376 g/mol. The molecule has 0 aromatic heterocycles. The van der Waals surface area contributed by atoms with E-state index < -0.39 is 17.8 Å². The van der Waals surface area contributed by atoms with Gasteiger partial charge >= 0.3 is 6.09 Å². The number of anilines is 1. The fraction of sp³-hybridized carbons (Fsp3) is 0.682. The molecular formula is C22H36N2O3. The van der Waals surface area contributed by atoms with E-state index in [1.165, 1.54) is 32.1 Å². The van der Waals surface area contributed by atoms with Gasteiger partial charge in [-0.05, 0) is 63.6 Å². The van der Waals surface area contributed by atoms with Gasteiger partial charge in [0.05, 0.1) is 6.10 Å². The van der Waals surface area contributed by atoms with Crippen LogP contribution in [-0.4, -0.2) is 36.9 Å². The average Bonchev–Trinajstić information content (AvgIpc) is 2.61. The van der Waals surface area contributed by atoms with E-state index in [9.17, 15) is 9.90 Å². The molecule has 1 saturated carbocycles. The summed E-state index contributed by atoms with van der Waals surface area (Å²) >= 11 is 0. The lowest BCUT2D eigenvalue weighted by Gasteiger charge is -2.29. The quantitative estimate of drug-likeness (QED) is 0.727. The van der Waals surface area contributed by atoms with Gasteiger partial charge in [0.15, 0.2) is 0 Å². The number of hydrogen-bond acceptors (Lipinski definition) is 4. The van der Waals surface area contributed by atoms with E-state index >= 15 is 0 Å². The van der Waals surface area contributed by atoms with Crippen LogP contribution >= 0.6 is 0 Å². The minimum atomic E-state index is -0.608. The Balaban J connectivity index is 1.83. The highest BCUT2D eigenvalue weighted by atomic mass is 16.6. The van der Waals surface area contributed by atoms with Crippen LogP contribution < -0.4 is 10.2 Å². The van der Waals surface area contributed by atoms with E-state index in [1.54, 1.807) is 0 Å². The molecule has 0 bridgehead atoms. The number of amides is 1. The van der Waals surface area contributed by atoms with Gasteiger partial charge in [-0.1, -0.05) is 31.4 Å². The zero-order valence-electron chi connectivity index (χ0n) is 17.3. The minimum absolute atomic E-state index is 0.373. The summed E-state index contributed by atoms with van der Waals surface area (Å²) in [6.07, 6.45) is 6.11. The van der Waals surface area contributed by atoms with E-state index in [4.69, 9.17) is 4.74 Å². The number of carbonyl (C=O) groups is 1. The first-order valence-corrected chi connectivity index (χ1v) is 10.2. The van der Waals surface area contributed by atoms with Gasteiger partial charge in [-0.3, -0.25) is 0 Å². The molecule has 152 valence electrons. The number of nitrogens with zero attached hydrogens (tertiary/aromatic N) is 1. The number of nitrogens with one attached hydrogen (secondary N) is 1. The Morgan fingerprint density at radius 3 is 2.67 bits per heavy atom. The van der Waals surface area contributed by atoms with Crippen LogP contribution in [-0.2, 0) is 4.74 Å². The number of carbonyl (C=O) groups excluding carboxylic acids is 1. The van der Waals surface area contributed by atoms with Crippen molar-refractivity contribution in [2.24, 2.45) is 5.92 Å². The van der Waals surface area contributed by atoms with Crippen molar-refractivity contribution in [3.63, 3.8) is 0 Å². The molecule has 2 rings (SSSR count). The highest BCUT2D eigenvalue weighted by molar-refractivity contribution is 5.67. The molecule has 0 aliphatic heterocycles. The number of ether oxygens (including phenoxy) is 1. The van der Waals surface area contributed by atoms with Crippen LogP contribution in [0.25, 0.3) is 0 Å². The van der Waals surface area contributed by atoms with Gasteiger partial charge in [-0.2, -0.15) is 0 Å². The van der Waals surface area contributed by atoms with E-state index in [2.05, 4.69) is 29.4 Å². The Bertz CT molecular complexity index is 591. The van der Waals surface area contributed by atoms with E-state index in [1.807, 2.05) is 32.9 Å². The molecule has 0 spiro atoms. The van der Waals surface area contributed by atoms with E-state index in [0.717, 1.165) is 23.7 Å². The number of alkyl carbamates (subject to hydrolysis) is 1. The van der Waals surface area contributed by atoms with Gasteiger partial charge in [0.1, 0.15) is 5.60 Å². The number of rotatable bonds is 7.